The number of hydrogen-bond donors (Lipinski definition) is 2. The second-order valence-corrected chi connectivity index (χ2v) is 12.0. The molecule has 0 aromatic heterocycles. The number of phenolic OH excluding ortho intramolecular Hbond substituents is 1. The van der Waals surface area contributed by atoms with E-state index in [0.29, 0.717) is 10.5 Å². The summed E-state index contributed by atoms with van der Waals surface area (Å²) in [5, 5.41) is 12.1. The lowest BCUT2D eigenvalue weighted by atomic mass is 9.78. The van der Waals surface area contributed by atoms with Gasteiger partial charge in [-0.05, 0) is 65.9 Å². The number of aryl methyl sites for hydroxylation is 1. The van der Waals surface area contributed by atoms with Gasteiger partial charge >= 0.3 is 0 Å². The summed E-state index contributed by atoms with van der Waals surface area (Å²) in [6, 6.07) is 10.9. The molecule has 2 aromatic rings. The van der Waals surface area contributed by atoms with Gasteiger partial charge in [0.25, 0.3) is 11.8 Å². The summed E-state index contributed by atoms with van der Waals surface area (Å²) in [5.41, 5.74) is 5.95. The van der Waals surface area contributed by atoms with Gasteiger partial charge in [0, 0.05) is 16.7 Å². The van der Waals surface area contributed by atoms with Crippen LogP contribution in [0.25, 0.3) is 6.08 Å². The molecule has 0 saturated carbocycles. The van der Waals surface area contributed by atoms with Gasteiger partial charge in [-0.15, -0.1) is 0 Å². The number of thioether (sulfide) groups is 1. The lowest BCUT2D eigenvalue weighted by Gasteiger charge is -2.28. The van der Waals surface area contributed by atoms with Gasteiger partial charge < -0.3 is 5.11 Å². The molecule has 1 saturated heterocycles. The Morgan fingerprint density at radius 1 is 1.03 bits per heavy atom. The molecule has 1 aliphatic rings. The molecule has 0 atom stereocenters. The third-order valence-electron chi connectivity index (χ3n) is 5.37. The number of hydrazine groups is 1. The molecular weight excluding hydrogens is 452 g/mol. The van der Waals surface area contributed by atoms with E-state index in [0.717, 1.165) is 39.0 Å². The van der Waals surface area contributed by atoms with Crippen LogP contribution in [0.1, 0.15) is 74.2 Å². The zero-order valence-electron chi connectivity index (χ0n) is 20.1. The molecule has 5 nitrogen and oxygen atoms in total. The largest absolute Gasteiger partial charge is 0.507 e. The van der Waals surface area contributed by atoms with Crippen LogP contribution in [-0.4, -0.2) is 26.3 Å². The fourth-order valence-corrected chi connectivity index (χ4v) is 4.65. The topological polar surface area (TPSA) is 69.6 Å². The monoisotopic (exact) mass is 482 g/mol. The summed E-state index contributed by atoms with van der Waals surface area (Å²) in [4.78, 5) is 26.1. The molecule has 0 spiro atoms. The van der Waals surface area contributed by atoms with Gasteiger partial charge in [-0.3, -0.25) is 15.0 Å². The van der Waals surface area contributed by atoms with Crippen LogP contribution < -0.4 is 5.43 Å². The minimum absolute atomic E-state index is 0.262. The molecule has 1 fully saturated rings. The van der Waals surface area contributed by atoms with Crippen LogP contribution in [0.5, 0.6) is 5.75 Å². The maximum absolute atomic E-state index is 13.1. The number of aromatic hydroxyl groups is 1. The minimum Gasteiger partial charge on any atom is -0.507 e. The van der Waals surface area contributed by atoms with Crippen LogP contribution in [0.15, 0.2) is 41.3 Å². The maximum Gasteiger partial charge on any atom is 0.285 e. The molecule has 2 amide bonds. The fraction of sp³-hybridized carbons (Fsp3) is 0.346. The normalized spacial score (nSPS) is 16.0. The summed E-state index contributed by atoms with van der Waals surface area (Å²) in [5.74, 6) is -0.500. The number of rotatable bonds is 3. The van der Waals surface area contributed by atoms with Crippen molar-refractivity contribution in [1.82, 2.24) is 10.4 Å². The Labute approximate surface area is 205 Å². The Morgan fingerprint density at radius 3 is 2.03 bits per heavy atom. The Kier molecular flexibility index (Phi) is 6.78. The van der Waals surface area contributed by atoms with E-state index in [9.17, 15) is 14.7 Å². The van der Waals surface area contributed by atoms with Gasteiger partial charge in [0.2, 0.25) is 0 Å². The smallest absolute Gasteiger partial charge is 0.285 e. The van der Waals surface area contributed by atoms with E-state index in [1.54, 1.807) is 18.2 Å². The lowest BCUT2D eigenvalue weighted by Crippen LogP contribution is -2.44. The van der Waals surface area contributed by atoms with Crippen molar-refractivity contribution < 1.29 is 14.7 Å². The minimum atomic E-state index is -0.401. The van der Waals surface area contributed by atoms with E-state index in [1.165, 1.54) is 0 Å². The molecule has 0 radical (unpaired) electrons. The highest BCUT2D eigenvalue weighted by atomic mass is 32.2. The number of phenols is 1. The van der Waals surface area contributed by atoms with E-state index in [2.05, 4.69) is 5.43 Å². The van der Waals surface area contributed by atoms with E-state index in [1.807, 2.05) is 72.7 Å². The van der Waals surface area contributed by atoms with Gasteiger partial charge in [-0.1, -0.05) is 71.0 Å². The molecule has 33 heavy (non-hydrogen) atoms. The number of thiocarbonyl (C=S) groups is 1. The summed E-state index contributed by atoms with van der Waals surface area (Å²) in [6.45, 7) is 14.2. The Hall–Kier alpha value is -2.64. The highest BCUT2D eigenvalue weighted by Crippen LogP contribution is 2.41. The molecule has 0 bridgehead atoms. The molecule has 174 valence electrons. The first-order chi connectivity index (χ1) is 15.2. The first-order valence-corrected chi connectivity index (χ1v) is 11.9. The predicted octanol–water partition coefficient (Wildman–Crippen LogP) is 5.84. The van der Waals surface area contributed by atoms with E-state index >= 15 is 0 Å². The summed E-state index contributed by atoms with van der Waals surface area (Å²) in [6.07, 6.45) is 1.77. The van der Waals surface area contributed by atoms with Crippen LogP contribution in [0, 0.1) is 6.92 Å². The van der Waals surface area contributed by atoms with Crippen LogP contribution in [0.3, 0.4) is 0 Å². The zero-order chi connectivity index (χ0) is 24.7. The quantitative estimate of drug-likeness (QED) is 0.425. The number of amides is 2. The fourth-order valence-electron chi connectivity index (χ4n) is 3.47. The Bertz CT molecular complexity index is 1120. The molecule has 1 heterocycles. The molecule has 0 unspecified atom stereocenters. The first-order valence-electron chi connectivity index (χ1n) is 10.7. The summed E-state index contributed by atoms with van der Waals surface area (Å²) >= 11 is 6.50. The van der Waals surface area contributed by atoms with Gasteiger partial charge in [0.15, 0.2) is 4.32 Å². The molecule has 2 N–H and O–H groups in total. The van der Waals surface area contributed by atoms with Crippen molar-refractivity contribution >= 4 is 46.2 Å². The molecular formula is C26H30N2O3S2. The second-order valence-electron chi connectivity index (χ2n) is 10.3. The van der Waals surface area contributed by atoms with Crippen molar-refractivity contribution in [3.63, 3.8) is 0 Å². The van der Waals surface area contributed by atoms with E-state index < -0.39 is 5.91 Å². The first kappa shape index (κ1) is 25.0. The highest BCUT2D eigenvalue weighted by Gasteiger charge is 2.34. The molecule has 0 aliphatic carbocycles. The average molecular weight is 483 g/mol. The lowest BCUT2D eigenvalue weighted by molar-refractivity contribution is -0.123. The average Bonchev–Trinajstić information content (AvgIpc) is 2.95. The van der Waals surface area contributed by atoms with E-state index in [-0.39, 0.29) is 26.8 Å². The molecule has 2 aromatic carbocycles. The third kappa shape index (κ3) is 5.47. The van der Waals surface area contributed by atoms with E-state index in [4.69, 9.17) is 12.2 Å². The van der Waals surface area contributed by atoms with Crippen molar-refractivity contribution in [2.45, 2.75) is 59.3 Å². The Balaban J connectivity index is 1.94. The Morgan fingerprint density at radius 2 is 1.55 bits per heavy atom. The van der Waals surface area contributed by atoms with Gasteiger partial charge in [0.1, 0.15) is 5.75 Å². The van der Waals surface area contributed by atoms with Crippen molar-refractivity contribution in [2.24, 2.45) is 0 Å². The van der Waals surface area contributed by atoms with Gasteiger partial charge in [-0.25, -0.2) is 0 Å². The maximum atomic E-state index is 13.1. The van der Waals surface area contributed by atoms with Crippen molar-refractivity contribution in [2.75, 3.05) is 0 Å². The van der Waals surface area contributed by atoms with Crippen molar-refractivity contribution in [3.05, 3.63) is 69.1 Å². The van der Waals surface area contributed by atoms with Crippen LogP contribution >= 0.6 is 24.0 Å². The van der Waals surface area contributed by atoms with Crippen LogP contribution in [0.4, 0.5) is 0 Å². The van der Waals surface area contributed by atoms with Crippen molar-refractivity contribution in [3.8, 4) is 5.75 Å². The van der Waals surface area contributed by atoms with Gasteiger partial charge in [-0.2, -0.15) is 5.01 Å². The third-order valence-corrected chi connectivity index (χ3v) is 6.67. The molecule has 7 heteroatoms. The second kappa shape index (κ2) is 8.95. The molecule has 3 rings (SSSR count). The number of carbonyl (C=O) groups is 2. The molecule has 1 aliphatic heterocycles. The number of nitrogens with one attached hydrogen (secondary N) is 1. The summed E-state index contributed by atoms with van der Waals surface area (Å²) < 4.78 is 0.262. The standard InChI is InChI=1S/C26H30N2O3S2/c1-15-8-10-17(11-9-15)22(30)27-28-23(31)20(33-24(28)32)14-16-12-18(25(2,3)4)21(29)19(13-16)26(5,6)7/h8-14,29H,1-7H3,(H,27,30)/b20-14-. The highest BCUT2D eigenvalue weighted by molar-refractivity contribution is 8.26. The van der Waals surface area contributed by atoms with Gasteiger partial charge in [0.05, 0.1) is 4.91 Å². The number of benzene rings is 2. The number of hydrogen-bond acceptors (Lipinski definition) is 5. The zero-order valence-corrected chi connectivity index (χ0v) is 21.7. The van der Waals surface area contributed by atoms with Crippen molar-refractivity contribution in [1.29, 1.82) is 0 Å². The number of nitrogens with zero attached hydrogens (tertiary/aromatic N) is 1. The summed E-state index contributed by atoms with van der Waals surface area (Å²) in [7, 11) is 0. The van der Waals surface area contributed by atoms with Crippen LogP contribution in [0.2, 0.25) is 0 Å². The number of carbonyl (C=O) groups excluding carboxylic acids is 2. The predicted molar refractivity (Wildman–Crippen MR) is 139 cm³/mol. The SMILES string of the molecule is Cc1ccc(C(=O)NN2C(=O)/C(=C/c3cc(C(C)(C)C)c(O)c(C(C)(C)C)c3)SC2=S)cc1. The van der Waals surface area contributed by atoms with Crippen LogP contribution in [-0.2, 0) is 15.6 Å².